The summed E-state index contributed by atoms with van der Waals surface area (Å²) in [4.78, 5) is 29.4. The smallest absolute Gasteiger partial charge is 0.164 e. The van der Waals surface area contributed by atoms with Gasteiger partial charge in [-0.15, -0.1) is 0 Å². The lowest BCUT2D eigenvalue weighted by Gasteiger charge is -2.14. The van der Waals surface area contributed by atoms with Gasteiger partial charge < -0.3 is 0 Å². The van der Waals surface area contributed by atoms with Crippen molar-refractivity contribution < 1.29 is 0 Å². The molecular formula is C36H21N7. The lowest BCUT2D eigenvalue weighted by Crippen LogP contribution is -2.04. The number of hydrogen-bond donors (Lipinski definition) is 0. The number of pyridine rings is 2. The zero-order chi connectivity index (χ0) is 28.3. The average Bonchev–Trinajstić information content (AvgIpc) is 3.42. The normalized spacial score (nSPS) is 11.7. The molecule has 0 saturated carbocycles. The van der Waals surface area contributed by atoms with Gasteiger partial charge in [-0.25, -0.2) is 29.9 Å². The lowest BCUT2D eigenvalue weighted by molar-refractivity contribution is 1.06. The van der Waals surface area contributed by atoms with Gasteiger partial charge in [0.2, 0.25) is 0 Å². The fourth-order valence-electron chi connectivity index (χ4n) is 6.02. The number of hydrogen-bond acceptors (Lipinski definition) is 6. The van der Waals surface area contributed by atoms with Gasteiger partial charge in [0.15, 0.2) is 11.6 Å². The van der Waals surface area contributed by atoms with Crippen molar-refractivity contribution in [1.29, 1.82) is 0 Å². The second kappa shape index (κ2) is 9.22. The van der Waals surface area contributed by atoms with Crippen molar-refractivity contribution in [3.63, 3.8) is 0 Å². The molecule has 0 saturated heterocycles. The Bertz CT molecular complexity index is 2460. The van der Waals surface area contributed by atoms with Gasteiger partial charge >= 0.3 is 0 Å². The predicted octanol–water partition coefficient (Wildman–Crippen LogP) is 7.95. The molecule has 0 aliphatic heterocycles. The lowest BCUT2D eigenvalue weighted by atomic mass is 10.1. The van der Waals surface area contributed by atoms with Gasteiger partial charge in [0.05, 0.1) is 22.2 Å². The highest BCUT2D eigenvalue weighted by molar-refractivity contribution is 6.11. The summed E-state index contributed by atoms with van der Waals surface area (Å²) in [7, 11) is 0. The third-order valence-corrected chi connectivity index (χ3v) is 8.00. The van der Waals surface area contributed by atoms with Gasteiger partial charge in [0, 0.05) is 50.5 Å². The maximum absolute atomic E-state index is 5.28. The van der Waals surface area contributed by atoms with Crippen LogP contribution in [-0.4, -0.2) is 34.5 Å². The summed E-state index contributed by atoms with van der Waals surface area (Å²) >= 11 is 0. The Labute approximate surface area is 245 Å². The van der Waals surface area contributed by atoms with E-state index in [-0.39, 0.29) is 0 Å². The number of aromatic nitrogens is 7. The van der Waals surface area contributed by atoms with E-state index in [2.05, 4.69) is 75.2 Å². The standard InChI is InChI=1S/C36H21N7/c1-2-8-22(9-3-1)29-18-16-23-15-17-28-33(32(23)40-29)41-34(27-12-6-10-24-20-37-21-39-31(24)27)42-36(28)43-30-14-5-4-11-25(30)26-13-7-19-38-35(26)43/h1-21H. The third kappa shape index (κ3) is 3.62. The second-order valence-corrected chi connectivity index (χ2v) is 10.5. The van der Waals surface area contributed by atoms with E-state index in [0.717, 1.165) is 77.3 Å². The van der Waals surface area contributed by atoms with Gasteiger partial charge in [0.1, 0.15) is 17.5 Å². The summed E-state index contributed by atoms with van der Waals surface area (Å²) < 4.78 is 2.14. The van der Waals surface area contributed by atoms with Crippen LogP contribution >= 0.6 is 0 Å². The summed E-state index contributed by atoms with van der Waals surface area (Å²) in [6, 6.07) is 37.0. The van der Waals surface area contributed by atoms with Crippen molar-refractivity contribution in [1.82, 2.24) is 34.5 Å². The molecule has 43 heavy (non-hydrogen) atoms. The number of benzene rings is 4. The maximum atomic E-state index is 5.28. The summed E-state index contributed by atoms with van der Waals surface area (Å²) in [6.07, 6.45) is 5.20. The molecule has 7 nitrogen and oxygen atoms in total. The second-order valence-electron chi connectivity index (χ2n) is 10.5. The van der Waals surface area contributed by atoms with Crippen LogP contribution in [0.4, 0.5) is 0 Å². The van der Waals surface area contributed by atoms with Gasteiger partial charge in [-0.3, -0.25) is 4.57 Å². The van der Waals surface area contributed by atoms with Crippen molar-refractivity contribution in [3.8, 4) is 28.5 Å². The molecule has 200 valence electrons. The summed E-state index contributed by atoms with van der Waals surface area (Å²) in [6.45, 7) is 0. The molecule has 5 aromatic heterocycles. The third-order valence-electron chi connectivity index (χ3n) is 8.00. The van der Waals surface area contributed by atoms with Gasteiger partial charge in [-0.1, -0.05) is 72.8 Å². The van der Waals surface area contributed by atoms with Crippen molar-refractivity contribution in [2.45, 2.75) is 0 Å². The van der Waals surface area contributed by atoms with Crippen LogP contribution in [0.25, 0.3) is 83.1 Å². The fraction of sp³-hybridized carbons (Fsp3) is 0. The van der Waals surface area contributed by atoms with Crippen LogP contribution in [0.1, 0.15) is 0 Å². The van der Waals surface area contributed by atoms with E-state index in [4.69, 9.17) is 19.9 Å². The van der Waals surface area contributed by atoms with Crippen LogP contribution < -0.4 is 0 Å². The molecule has 7 heteroatoms. The molecule has 0 fully saturated rings. The molecular weight excluding hydrogens is 530 g/mol. The number of fused-ring (bicyclic) bond motifs is 7. The zero-order valence-corrected chi connectivity index (χ0v) is 22.8. The maximum Gasteiger partial charge on any atom is 0.164 e. The first-order valence-corrected chi connectivity index (χ1v) is 14.0. The van der Waals surface area contributed by atoms with Crippen molar-refractivity contribution in [2.75, 3.05) is 0 Å². The average molecular weight is 552 g/mol. The van der Waals surface area contributed by atoms with Crippen molar-refractivity contribution in [3.05, 3.63) is 128 Å². The van der Waals surface area contributed by atoms with Crippen LogP contribution in [0.3, 0.4) is 0 Å². The molecule has 0 aliphatic carbocycles. The van der Waals surface area contributed by atoms with Crippen LogP contribution in [0, 0.1) is 0 Å². The molecule has 0 unspecified atom stereocenters. The van der Waals surface area contributed by atoms with E-state index in [1.165, 1.54) is 0 Å². The van der Waals surface area contributed by atoms with E-state index in [0.29, 0.717) is 5.82 Å². The Hall–Kier alpha value is -6.08. The van der Waals surface area contributed by atoms with Crippen LogP contribution in [0.15, 0.2) is 128 Å². The van der Waals surface area contributed by atoms with Crippen molar-refractivity contribution >= 4 is 54.6 Å². The summed E-state index contributed by atoms with van der Waals surface area (Å²) in [5.74, 6) is 1.30. The minimum Gasteiger partial charge on any atom is -0.277 e. The van der Waals surface area contributed by atoms with Gasteiger partial charge in [0.25, 0.3) is 0 Å². The monoisotopic (exact) mass is 551 g/mol. The van der Waals surface area contributed by atoms with Crippen LogP contribution in [0.5, 0.6) is 0 Å². The predicted molar refractivity (Wildman–Crippen MR) is 171 cm³/mol. The summed E-state index contributed by atoms with van der Waals surface area (Å²) in [5, 5.41) is 4.99. The highest BCUT2D eigenvalue weighted by Gasteiger charge is 2.21. The van der Waals surface area contributed by atoms with E-state index in [1.807, 2.05) is 60.9 Å². The van der Waals surface area contributed by atoms with Gasteiger partial charge in [-0.05, 0) is 36.4 Å². The SMILES string of the molecule is c1ccc(-c2ccc3ccc4c(-n5c6ccccc6c6cccnc65)nc(-c5cccc6cncnc56)nc4c3n2)cc1. The Morgan fingerprint density at radius 2 is 1.40 bits per heavy atom. The molecule has 0 atom stereocenters. The minimum absolute atomic E-state index is 0.563. The molecule has 0 spiro atoms. The molecule has 9 rings (SSSR count). The first-order valence-electron chi connectivity index (χ1n) is 14.0. The molecule has 9 aromatic rings. The minimum atomic E-state index is 0.563. The van der Waals surface area contributed by atoms with Crippen LogP contribution in [-0.2, 0) is 0 Å². The first-order chi connectivity index (χ1) is 21.3. The topological polar surface area (TPSA) is 82.3 Å². The number of para-hydroxylation sites is 2. The largest absolute Gasteiger partial charge is 0.277 e. The summed E-state index contributed by atoms with van der Waals surface area (Å²) in [5.41, 5.74) is 6.99. The van der Waals surface area contributed by atoms with Crippen molar-refractivity contribution in [2.24, 2.45) is 0 Å². The number of rotatable bonds is 3. The first kappa shape index (κ1) is 23.6. The molecule has 0 aliphatic rings. The Morgan fingerprint density at radius 3 is 2.35 bits per heavy atom. The zero-order valence-electron chi connectivity index (χ0n) is 22.8. The highest BCUT2D eigenvalue weighted by atomic mass is 15.1. The molecule has 5 heterocycles. The Balaban J connectivity index is 1.45. The highest BCUT2D eigenvalue weighted by Crippen LogP contribution is 2.36. The van der Waals surface area contributed by atoms with Gasteiger partial charge in [-0.2, -0.15) is 0 Å². The van der Waals surface area contributed by atoms with E-state index in [1.54, 1.807) is 6.33 Å². The fourth-order valence-corrected chi connectivity index (χ4v) is 6.02. The molecule has 4 aromatic carbocycles. The molecule has 0 bridgehead atoms. The quantitative estimate of drug-likeness (QED) is 0.207. The van der Waals surface area contributed by atoms with E-state index >= 15 is 0 Å². The Morgan fingerprint density at radius 1 is 0.535 bits per heavy atom. The number of nitrogens with zero attached hydrogens (tertiary/aromatic N) is 7. The van der Waals surface area contributed by atoms with E-state index in [9.17, 15) is 0 Å². The molecule has 0 radical (unpaired) electrons. The van der Waals surface area contributed by atoms with E-state index < -0.39 is 0 Å². The van der Waals surface area contributed by atoms with Crippen LogP contribution in [0.2, 0.25) is 0 Å². The molecule has 0 N–H and O–H groups in total. The molecule has 0 amide bonds. The Kier molecular flexibility index (Phi) is 5.06.